The monoisotopic (exact) mass is 507 g/mol. The molecule has 0 saturated carbocycles. The van der Waals surface area contributed by atoms with Gasteiger partial charge in [-0.2, -0.15) is 5.26 Å². The van der Waals surface area contributed by atoms with Gasteiger partial charge in [-0.05, 0) is 45.6 Å². The molecule has 182 valence electrons. The lowest BCUT2D eigenvalue weighted by molar-refractivity contribution is -0.108. The molecule has 0 bridgehead atoms. The van der Waals surface area contributed by atoms with Crippen molar-refractivity contribution in [2.24, 2.45) is 0 Å². The Balaban J connectivity index is 1.89. The van der Waals surface area contributed by atoms with E-state index in [-0.39, 0.29) is 11.1 Å². The maximum absolute atomic E-state index is 14.4. The van der Waals surface area contributed by atoms with Gasteiger partial charge < -0.3 is 0 Å². The minimum Gasteiger partial charge on any atom is -0.288 e. The highest BCUT2D eigenvalue weighted by molar-refractivity contribution is 7.97. The molecule has 5 rings (SSSR count). The van der Waals surface area contributed by atoms with Crippen molar-refractivity contribution < 1.29 is 4.79 Å². The van der Waals surface area contributed by atoms with Gasteiger partial charge >= 0.3 is 0 Å². The molecule has 0 heterocycles. The summed E-state index contributed by atoms with van der Waals surface area (Å²) in [4.78, 5) is 14.4. The number of allylic oxidation sites excluding steroid dienone is 1. The highest BCUT2D eigenvalue weighted by Gasteiger charge is 2.32. The van der Waals surface area contributed by atoms with Gasteiger partial charge in [-0.3, -0.25) is 4.79 Å². The Labute approximate surface area is 224 Å². The van der Waals surface area contributed by atoms with Crippen LogP contribution in [0.5, 0.6) is 0 Å². The van der Waals surface area contributed by atoms with Crippen molar-refractivity contribution in [3.05, 3.63) is 169 Å². The fourth-order valence-corrected chi connectivity index (χ4v) is 8.93. The summed E-state index contributed by atoms with van der Waals surface area (Å²) in [6.45, 7) is -2.80. The molecule has 0 aliphatic rings. The third-order valence-electron chi connectivity index (χ3n) is 6.55. The molecule has 0 aromatic heterocycles. The van der Waals surface area contributed by atoms with Crippen LogP contribution in [0.15, 0.2) is 158 Å². The third-order valence-corrected chi connectivity index (χ3v) is 10.8. The Hall–Kier alpha value is -4.70. The van der Waals surface area contributed by atoms with Crippen molar-refractivity contribution in [1.29, 1.82) is 5.26 Å². The standard InChI is InChI=1S/C35H26NOP/c36-27-35(34(37)26-33(28-16-6-1-7-17-28)29-18-8-2-9-19-29)38(30-20-10-3-11-21-30,31-22-12-4-13-23-31)32-24-14-5-15-25-32/h1-26H. The predicted octanol–water partition coefficient (Wildman–Crippen LogP) is 6.38. The molecular weight excluding hydrogens is 481 g/mol. The molecule has 0 N–H and O–H groups in total. The zero-order chi connectivity index (χ0) is 26.2. The van der Waals surface area contributed by atoms with Crippen molar-refractivity contribution in [3.63, 3.8) is 0 Å². The molecule has 0 saturated heterocycles. The summed E-state index contributed by atoms with van der Waals surface area (Å²) in [5.74, 6) is -0.278. The van der Waals surface area contributed by atoms with E-state index in [1.165, 1.54) is 0 Å². The van der Waals surface area contributed by atoms with Crippen LogP contribution in [0.2, 0.25) is 0 Å². The molecule has 3 heteroatoms. The van der Waals surface area contributed by atoms with Crippen LogP contribution in [0.4, 0.5) is 0 Å². The highest BCUT2D eigenvalue weighted by Crippen LogP contribution is 2.46. The summed E-state index contributed by atoms with van der Waals surface area (Å²) in [6, 6.07) is 52.1. The van der Waals surface area contributed by atoms with Gasteiger partial charge in [0.25, 0.3) is 0 Å². The minimum atomic E-state index is -2.80. The molecule has 0 aliphatic heterocycles. The number of hydrogen-bond donors (Lipinski definition) is 0. The Morgan fingerprint density at radius 2 is 0.842 bits per heavy atom. The largest absolute Gasteiger partial charge is 0.288 e. The molecule has 0 aliphatic carbocycles. The Kier molecular flexibility index (Phi) is 7.60. The minimum absolute atomic E-state index is 0.255. The van der Waals surface area contributed by atoms with Gasteiger partial charge in [0.2, 0.25) is 0 Å². The third kappa shape index (κ3) is 4.81. The number of benzene rings is 5. The summed E-state index contributed by atoms with van der Waals surface area (Å²) < 4.78 is 0. The van der Waals surface area contributed by atoms with Gasteiger partial charge in [-0.15, -0.1) is 0 Å². The van der Waals surface area contributed by atoms with Gasteiger partial charge in [0.1, 0.15) is 11.4 Å². The first-order chi connectivity index (χ1) is 18.7. The van der Waals surface area contributed by atoms with E-state index in [4.69, 9.17) is 0 Å². The number of carbonyl (C=O) groups excluding carboxylic acids is 1. The molecule has 5 aromatic rings. The number of hydrogen-bond acceptors (Lipinski definition) is 2. The molecule has 0 amide bonds. The second-order valence-corrected chi connectivity index (χ2v) is 12.1. The fraction of sp³-hybridized carbons (Fsp3) is 0. The van der Waals surface area contributed by atoms with E-state index in [9.17, 15) is 10.1 Å². The van der Waals surface area contributed by atoms with Crippen LogP contribution in [0.3, 0.4) is 0 Å². The molecule has 0 spiro atoms. The summed E-state index contributed by atoms with van der Waals surface area (Å²) in [5, 5.41) is 13.9. The lowest BCUT2D eigenvalue weighted by Gasteiger charge is -2.29. The second-order valence-electron chi connectivity index (χ2n) is 8.79. The number of carbonyl (C=O) groups is 1. The fourth-order valence-electron chi connectivity index (χ4n) is 4.85. The van der Waals surface area contributed by atoms with Crippen LogP contribution in [0.1, 0.15) is 11.1 Å². The first-order valence-corrected chi connectivity index (χ1v) is 14.2. The number of nitrogens with zero attached hydrogens (tertiary/aromatic N) is 1. The lowest BCUT2D eigenvalue weighted by atomic mass is 9.96. The van der Waals surface area contributed by atoms with E-state index in [1.54, 1.807) is 6.08 Å². The topological polar surface area (TPSA) is 40.9 Å². The van der Waals surface area contributed by atoms with Gasteiger partial charge in [0.15, 0.2) is 5.78 Å². The maximum Gasteiger partial charge on any atom is 0.198 e. The molecule has 0 radical (unpaired) electrons. The van der Waals surface area contributed by atoms with E-state index >= 15 is 0 Å². The quantitative estimate of drug-likeness (QED) is 0.190. The van der Waals surface area contributed by atoms with Crippen LogP contribution < -0.4 is 15.9 Å². The van der Waals surface area contributed by atoms with E-state index in [0.29, 0.717) is 0 Å². The average molecular weight is 508 g/mol. The summed E-state index contributed by atoms with van der Waals surface area (Å²) in [7, 11) is 0. The van der Waals surface area contributed by atoms with Gasteiger partial charge in [0, 0.05) is 0 Å². The lowest BCUT2D eigenvalue weighted by Crippen LogP contribution is -2.32. The molecule has 2 nitrogen and oxygen atoms in total. The van der Waals surface area contributed by atoms with Crippen LogP contribution in [0.25, 0.3) is 5.57 Å². The van der Waals surface area contributed by atoms with Crippen LogP contribution in [-0.4, -0.2) is 11.1 Å². The van der Waals surface area contributed by atoms with Crippen molar-refractivity contribution in [1.82, 2.24) is 0 Å². The molecular formula is C35H26NOP. The summed E-state index contributed by atoms with van der Waals surface area (Å²) >= 11 is 0. The van der Waals surface area contributed by atoms with Crippen LogP contribution in [0, 0.1) is 11.3 Å². The van der Waals surface area contributed by atoms with E-state index in [2.05, 4.69) is 6.07 Å². The van der Waals surface area contributed by atoms with Crippen molar-refractivity contribution in [2.75, 3.05) is 0 Å². The Morgan fingerprint density at radius 1 is 0.526 bits per heavy atom. The molecule has 0 atom stereocenters. The molecule has 38 heavy (non-hydrogen) atoms. The van der Waals surface area contributed by atoms with Gasteiger partial charge in [-0.1, -0.05) is 152 Å². The van der Waals surface area contributed by atoms with E-state index in [0.717, 1.165) is 32.6 Å². The van der Waals surface area contributed by atoms with Crippen molar-refractivity contribution >= 4 is 39.4 Å². The maximum atomic E-state index is 14.4. The van der Waals surface area contributed by atoms with Crippen LogP contribution in [-0.2, 0) is 4.79 Å². The molecule has 0 unspecified atom stereocenters. The zero-order valence-electron chi connectivity index (χ0n) is 20.8. The smallest absolute Gasteiger partial charge is 0.198 e. The number of ketones is 1. The Bertz CT molecular complexity index is 1510. The predicted molar refractivity (Wildman–Crippen MR) is 161 cm³/mol. The normalized spacial score (nSPS) is 10.7. The Morgan fingerprint density at radius 3 is 1.16 bits per heavy atom. The van der Waals surface area contributed by atoms with E-state index < -0.39 is 6.89 Å². The number of nitriles is 1. The SMILES string of the molecule is N#CC(C(=O)C=C(c1ccccc1)c1ccccc1)=P(c1ccccc1)(c1ccccc1)c1ccccc1. The van der Waals surface area contributed by atoms with Crippen molar-refractivity contribution in [3.8, 4) is 6.07 Å². The van der Waals surface area contributed by atoms with Crippen LogP contribution >= 0.6 is 6.89 Å². The average Bonchev–Trinajstić information content (AvgIpc) is 3.00. The second kappa shape index (κ2) is 11.6. The summed E-state index contributed by atoms with van der Waals surface area (Å²) in [5.41, 5.74) is 2.64. The molecule has 5 aromatic carbocycles. The first-order valence-electron chi connectivity index (χ1n) is 12.5. The van der Waals surface area contributed by atoms with E-state index in [1.807, 2.05) is 152 Å². The molecule has 0 fully saturated rings. The van der Waals surface area contributed by atoms with Gasteiger partial charge in [-0.25, -0.2) is 0 Å². The van der Waals surface area contributed by atoms with Crippen molar-refractivity contribution in [2.45, 2.75) is 0 Å². The number of rotatable bonds is 7. The zero-order valence-corrected chi connectivity index (χ0v) is 21.7. The van der Waals surface area contributed by atoms with Gasteiger partial charge in [0.05, 0.1) is 0 Å². The summed E-state index contributed by atoms with van der Waals surface area (Å²) in [6.07, 6.45) is 1.65. The highest BCUT2D eigenvalue weighted by atomic mass is 31.2. The first kappa shape index (κ1) is 25.0.